The number of likely N-dealkylation sites (N-methyl/N-ethyl adjacent to an activating group) is 1. The van der Waals surface area contributed by atoms with E-state index in [1.165, 1.54) is 18.5 Å². The molecule has 1 saturated heterocycles. The summed E-state index contributed by atoms with van der Waals surface area (Å²) in [7, 11) is 0. The molecule has 2 fully saturated rings. The maximum atomic E-state index is 12.3. The summed E-state index contributed by atoms with van der Waals surface area (Å²) in [5.74, 6) is 0.103. The number of piperazine rings is 1. The highest BCUT2D eigenvalue weighted by Gasteiger charge is 2.20. The minimum Gasteiger partial charge on any atom is -0.374 e. The van der Waals surface area contributed by atoms with Gasteiger partial charge < -0.3 is 20.4 Å². The van der Waals surface area contributed by atoms with Crippen molar-refractivity contribution in [3.8, 4) is 0 Å². The maximum Gasteiger partial charge on any atom is 0.242 e. The summed E-state index contributed by atoms with van der Waals surface area (Å²) >= 11 is 0. The predicted molar refractivity (Wildman–Crippen MR) is 104 cm³/mol. The number of nitrogens with one attached hydrogen (secondary N) is 2. The summed E-state index contributed by atoms with van der Waals surface area (Å²) < 4.78 is 0. The van der Waals surface area contributed by atoms with Gasteiger partial charge in [0.1, 0.15) is 6.04 Å². The first kappa shape index (κ1) is 18.1. The molecular weight excluding hydrogens is 312 g/mol. The lowest BCUT2D eigenvalue weighted by atomic mass is 10.2. The summed E-state index contributed by atoms with van der Waals surface area (Å²) in [6, 6.07) is 8.65. The Bertz CT molecular complexity index is 545. The van der Waals surface area contributed by atoms with Gasteiger partial charge in [-0.1, -0.05) is 19.8 Å². The van der Waals surface area contributed by atoms with Crippen LogP contribution in [0.4, 0.5) is 11.4 Å². The molecule has 2 aliphatic rings. The van der Waals surface area contributed by atoms with Crippen LogP contribution >= 0.6 is 0 Å². The zero-order valence-corrected chi connectivity index (χ0v) is 15.6. The van der Waals surface area contributed by atoms with E-state index in [-0.39, 0.29) is 11.9 Å². The SMILES string of the molecule is CCN1CCN(c2ccc(N[C@H](C)C(=O)NC3CCCC3)cc2)CC1. The molecule has 5 heteroatoms. The fraction of sp³-hybridized carbons (Fsp3) is 0.650. The first-order valence-electron chi connectivity index (χ1n) is 9.80. The summed E-state index contributed by atoms with van der Waals surface area (Å²) in [4.78, 5) is 17.2. The lowest BCUT2D eigenvalue weighted by Gasteiger charge is -2.35. The number of carbonyl (C=O) groups excluding carboxylic acids is 1. The first-order valence-corrected chi connectivity index (χ1v) is 9.80. The Labute approximate surface area is 151 Å². The standard InChI is InChI=1S/C20H32N4O/c1-3-23-12-14-24(15-13-23)19-10-8-18(9-11-19)21-16(2)20(25)22-17-6-4-5-7-17/h8-11,16-17,21H,3-7,12-15H2,1-2H3,(H,22,25)/t16-/m1/s1. The lowest BCUT2D eigenvalue weighted by Crippen LogP contribution is -2.46. The van der Waals surface area contributed by atoms with Crippen LogP contribution in [-0.4, -0.2) is 55.6 Å². The minimum atomic E-state index is -0.209. The number of rotatable bonds is 6. The van der Waals surface area contributed by atoms with Crippen LogP contribution < -0.4 is 15.5 Å². The number of nitrogens with zero attached hydrogens (tertiary/aromatic N) is 2. The van der Waals surface area contributed by atoms with E-state index in [1.807, 2.05) is 6.92 Å². The molecule has 1 amide bonds. The van der Waals surface area contributed by atoms with Gasteiger partial charge >= 0.3 is 0 Å². The molecule has 0 aromatic heterocycles. The summed E-state index contributed by atoms with van der Waals surface area (Å²) in [5.41, 5.74) is 2.27. The molecule has 0 spiro atoms. The van der Waals surface area contributed by atoms with Gasteiger partial charge in [0.2, 0.25) is 5.91 Å². The monoisotopic (exact) mass is 344 g/mol. The second-order valence-electron chi connectivity index (χ2n) is 7.32. The third-order valence-electron chi connectivity index (χ3n) is 5.53. The maximum absolute atomic E-state index is 12.3. The second kappa shape index (κ2) is 8.56. The minimum absolute atomic E-state index is 0.103. The highest BCUT2D eigenvalue weighted by Crippen LogP contribution is 2.21. The molecule has 3 rings (SSSR count). The summed E-state index contributed by atoms with van der Waals surface area (Å²) in [6.45, 7) is 9.73. The third-order valence-corrected chi connectivity index (χ3v) is 5.53. The van der Waals surface area contributed by atoms with Crippen LogP contribution in [0.25, 0.3) is 0 Å². The quantitative estimate of drug-likeness (QED) is 0.833. The van der Waals surface area contributed by atoms with E-state index in [0.29, 0.717) is 6.04 Å². The van der Waals surface area contributed by atoms with Gasteiger partial charge in [0.05, 0.1) is 0 Å². The van der Waals surface area contributed by atoms with E-state index in [4.69, 9.17) is 0 Å². The van der Waals surface area contributed by atoms with Gasteiger partial charge in [0.25, 0.3) is 0 Å². The van der Waals surface area contributed by atoms with E-state index in [0.717, 1.165) is 51.3 Å². The Morgan fingerprint density at radius 1 is 1.12 bits per heavy atom. The van der Waals surface area contributed by atoms with Crippen LogP contribution in [0, 0.1) is 0 Å². The largest absolute Gasteiger partial charge is 0.374 e. The van der Waals surface area contributed by atoms with Gasteiger partial charge in [-0.15, -0.1) is 0 Å². The molecule has 2 N–H and O–H groups in total. The number of hydrogen-bond donors (Lipinski definition) is 2. The molecule has 1 atom stereocenters. The summed E-state index contributed by atoms with van der Waals surface area (Å²) in [5, 5.41) is 6.48. The van der Waals surface area contributed by atoms with Gasteiger partial charge in [-0.05, 0) is 50.6 Å². The van der Waals surface area contributed by atoms with Crippen molar-refractivity contribution >= 4 is 17.3 Å². The van der Waals surface area contributed by atoms with Crippen molar-refractivity contribution < 1.29 is 4.79 Å². The van der Waals surface area contributed by atoms with Crippen molar-refractivity contribution in [3.05, 3.63) is 24.3 Å². The molecule has 138 valence electrons. The fourth-order valence-electron chi connectivity index (χ4n) is 3.80. The fourth-order valence-corrected chi connectivity index (χ4v) is 3.80. The van der Waals surface area contributed by atoms with Gasteiger partial charge in [-0.3, -0.25) is 4.79 Å². The molecule has 1 aliphatic heterocycles. The molecular formula is C20H32N4O. The molecule has 0 bridgehead atoms. The van der Waals surface area contributed by atoms with Crippen LogP contribution in [0.3, 0.4) is 0 Å². The van der Waals surface area contributed by atoms with E-state index in [2.05, 4.69) is 51.6 Å². The average molecular weight is 345 g/mol. The molecule has 1 aromatic carbocycles. The highest BCUT2D eigenvalue weighted by molar-refractivity contribution is 5.84. The van der Waals surface area contributed by atoms with Gasteiger partial charge in [-0.25, -0.2) is 0 Å². The van der Waals surface area contributed by atoms with Crippen molar-refractivity contribution in [1.82, 2.24) is 10.2 Å². The lowest BCUT2D eigenvalue weighted by molar-refractivity contribution is -0.122. The van der Waals surface area contributed by atoms with E-state index < -0.39 is 0 Å². The smallest absolute Gasteiger partial charge is 0.242 e. The van der Waals surface area contributed by atoms with Gasteiger partial charge in [0.15, 0.2) is 0 Å². The number of amides is 1. The van der Waals surface area contributed by atoms with Crippen LogP contribution in [0.1, 0.15) is 39.5 Å². The normalized spacial score (nSPS) is 20.5. The molecule has 0 radical (unpaired) electrons. The topological polar surface area (TPSA) is 47.6 Å². The average Bonchev–Trinajstić information content (AvgIpc) is 3.15. The highest BCUT2D eigenvalue weighted by atomic mass is 16.2. The van der Waals surface area contributed by atoms with Crippen molar-refractivity contribution in [2.24, 2.45) is 0 Å². The van der Waals surface area contributed by atoms with E-state index in [1.54, 1.807) is 0 Å². The van der Waals surface area contributed by atoms with Crippen LogP contribution in [0.2, 0.25) is 0 Å². The zero-order chi connectivity index (χ0) is 17.6. The van der Waals surface area contributed by atoms with Crippen LogP contribution in [0.5, 0.6) is 0 Å². The number of benzene rings is 1. The second-order valence-corrected chi connectivity index (χ2v) is 7.32. The number of hydrogen-bond acceptors (Lipinski definition) is 4. The predicted octanol–water partition coefficient (Wildman–Crippen LogP) is 2.69. The van der Waals surface area contributed by atoms with Crippen LogP contribution in [-0.2, 0) is 4.79 Å². The zero-order valence-electron chi connectivity index (χ0n) is 15.6. The Morgan fingerprint density at radius 3 is 2.36 bits per heavy atom. The van der Waals surface area contributed by atoms with Gasteiger partial charge in [-0.2, -0.15) is 0 Å². The van der Waals surface area contributed by atoms with E-state index in [9.17, 15) is 4.79 Å². The van der Waals surface area contributed by atoms with Crippen molar-refractivity contribution in [1.29, 1.82) is 0 Å². The molecule has 5 nitrogen and oxygen atoms in total. The molecule has 0 unspecified atom stereocenters. The molecule has 1 aliphatic carbocycles. The number of carbonyl (C=O) groups is 1. The Hall–Kier alpha value is -1.75. The van der Waals surface area contributed by atoms with Gasteiger partial charge in [0, 0.05) is 43.6 Å². The third kappa shape index (κ3) is 4.88. The van der Waals surface area contributed by atoms with Crippen LogP contribution in [0.15, 0.2) is 24.3 Å². The molecule has 1 saturated carbocycles. The Morgan fingerprint density at radius 2 is 1.76 bits per heavy atom. The molecule has 1 aromatic rings. The molecule has 25 heavy (non-hydrogen) atoms. The first-order chi connectivity index (χ1) is 12.2. The van der Waals surface area contributed by atoms with E-state index >= 15 is 0 Å². The Balaban J connectivity index is 1.49. The van der Waals surface area contributed by atoms with Crippen molar-refractivity contribution in [2.75, 3.05) is 42.9 Å². The Kier molecular flexibility index (Phi) is 6.19. The number of anilines is 2. The molecule has 1 heterocycles. The van der Waals surface area contributed by atoms with Crippen molar-refractivity contribution in [2.45, 2.75) is 51.6 Å². The summed E-state index contributed by atoms with van der Waals surface area (Å²) in [6.07, 6.45) is 4.72. The van der Waals surface area contributed by atoms with Crippen molar-refractivity contribution in [3.63, 3.8) is 0 Å².